The average Bonchev–Trinajstić information content (AvgIpc) is 3.11. The largest absolute Gasteiger partial charge is 0.310 e. The maximum Gasteiger partial charge on any atom is 0.0546 e. The molecule has 15 rings (SSSR count). The molecular formula is C81H63N3. The Bertz CT molecular complexity index is 4770. The first-order chi connectivity index (χ1) is 41.4. The van der Waals surface area contributed by atoms with Crippen LogP contribution in [-0.2, 0) is 0 Å². The van der Waals surface area contributed by atoms with Crippen LogP contribution in [0.5, 0.6) is 0 Å². The number of para-hydroxylation sites is 4. The monoisotopic (exact) mass is 1080 g/mol. The second-order valence-corrected chi connectivity index (χ2v) is 21.5. The van der Waals surface area contributed by atoms with E-state index < -0.39 is 0 Å². The van der Waals surface area contributed by atoms with Crippen molar-refractivity contribution in [3.8, 4) is 0 Å². The number of fused-ring (bicyclic) bond motifs is 9. The van der Waals surface area contributed by atoms with Gasteiger partial charge in [0.1, 0.15) is 0 Å². The van der Waals surface area contributed by atoms with Crippen LogP contribution in [0.4, 0.5) is 51.2 Å². The summed E-state index contributed by atoms with van der Waals surface area (Å²) in [5.41, 5.74) is 14.4. The van der Waals surface area contributed by atoms with Gasteiger partial charge in [-0.1, -0.05) is 248 Å². The van der Waals surface area contributed by atoms with E-state index in [1.165, 1.54) is 110 Å². The SMILES string of the molecule is Cc1ccc(N(c2ccccc2)c2cc3ccccc3c3ccccc23)cc1.Cc1cccc(N(c2ccccc2)c2cc3ccccc3c3ccccc23)c1.Cc1ccccc1N(c1ccccc1)c1cc2ccccc2c2ccccc12. The molecule has 0 unspecified atom stereocenters. The molecule has 0 aliphatic carbocycles. The first kappa shape index (κ1) is 52.6. The first-order valence-corrected chi connectivity index (χ1v) is 28.9. The molecule has 3 heteroatoms. The number of rotatable bonds is 9. The molecule has 0 spiro atoms. The molecule has 84 heavy (non-hydrogen) atoms. The van der Waals surface area contributed by atoms with Gasteiger partial charge in [-0.25, -0.2) is 0 Å². The lowest BCUT2D eigenvalue weighted by Gasteiger charge is -2.28. The number of anilines is 9. The lowest BCUT2D eigenvalue weighted by Crippen LogP contribution is -2.11. The highest BCUT2D eigenvalue weighted by Gasteiger charge is 2.21. The molecular weight excluding hydrogens is 1010 g/mol. The van der Waals surface area contributed by atoms with Crippen LogP contribution in [0.2, 0.25) is 0 Å². The summed E-state index contributed by atoms with van der Waals surface area (Å²) in [5, 5.41) is 15.3. The minimum absolute atomic E-state index is 1.16. The summed E-state index contributed by atoms with van der Waals surface area (Å²) in [6.45, 7) is 6.45. The number of benzene rings is 15. The fraction of sp³-hybridized carbons (Fsp3) is 0.0370. The van der Waals surface area contributed by atoms with E-state index in [0.717, 1.165) is 22.7 Å². The highest BCUT2D eigenvalue weighted by atomic mass is 15.2. The lowest BCUT2D eigenvalue weighted by atomic mass is 9.98. The van der Waals surface area contributed by atoms with Crippen LogP contribution in [-0.4, -0.2) is 0 Å². The molecule has 15 aromatic carbocycles. The molecule has 15 aromatic rings. The smallest absolute Gasteiger partial charge is 0.0546 e. The quantitative estimate of drug-likeness (QED) is 0.133. The summed E-state index contributed by atoms with van der Waals surface area (Å²) < 4.78 is 0. The van der Waals surface area contributed by atoms with Gasteiger partial charge in [-0.15, -0.1) is 0 Å². The van der Waals surface area contributed by atoms with Gasteiger partial charge in [0.15, 0.2) is 0 Å². The van der Waals surface area contributed by atoms with E-state index in [-0.39, 0.29) is 0 Å². The molecule has 0 aliphatic rings. The number of hydrogen-bond donors (Lipinski definition) is 0. The summed E-state index contributed by atoms with van der Waals surface area (Å²) >= 11 is 0. The summed E-state index contributed by atoms with van der Waals surface area (Å²) in [6, 6.07) is 117. The molecule has 0 aromatic heterocycles. The topological polar surface area (TPSA) is 9.72 Å². The maximum absolute atomic E-state index is 2.38. The lowest BCUT2D eigenvalue weighted by molar-refractivity contribution is 1.26. The molecule has 0 saturated carbocycles. The molecule has 402 valence electrons. The summed E-state index contributed by atoms with van der Waals surface area (Å²) in [5.74, 6) is 0. The van der Waals surface area contributed by atoms with Gasteiger partial charge in [-0.2, -0.15) is 0 Å². The molecule has 0 amide bonds. The van der Waals surface area contributed by atoms with Crippen molar-refractivity contribution in [1.29, 1.82) is 0 Å². The average molecular weight is 1080 g/mol. The van der Waals surface area contributed by atoms with E-state index in [0.29, 0.717) is 0 Å². The minimum atomic E-state index is 1.16. The molecule has 0 heterocycles. The number of hydrogen-bond acceptors (Lipinski definition) is 3. The van der Waals surface area contributed by atoms with Crippen molar-refractivity contribution in [3.63, 3.8) is 0 Å². The summed E-state index contributed by atoms with van der Waals surface area (Å²) in [7, 11) is 0. The van der Waals surface area contributed by atoms with Gasteiger partial charge in [0.2, 0.25) is 0 Å². The minimum Gasteiger partial charge on any atom is -0.310 e. The zero-order valence-corrected chi connectivity index (χ0v) is 47.5. The fourth-order valence-electron chi connectivity index (χ4n) is 11.9. The van der Waals surface area contributed by atoms with Crippen molar-refractivity contribution in [2.24, 2.45) is 0 Å². The van der Waals surface area contributed by atoms with Crippen molar-refractivity contribution >= 4 is 116 Å². The van der Waals surface area contributed by atoms with Crippen molar-refractivity contribution in [2.75, 3.05) is 14.7 Å². The van der Waals surface area contributed by atoms with Crippen LogP contribution in [0.25, 0.3) is 64.6 Å². The van der Waals surface area contributed by atoms with E-state index in [4.69, 9.17) is 0 Å². The normalized spacial score (nSPS) is 11.0. The molecule has 0 saturated heterocycles. The molecule has 0 atom stereocenters. The van der Waals surface area contributed by atoms with Gasteiger partial charge in [-0.3, -0.25) is 0 Å². The first-order valence-electron chi connectivity index (χ1n) is 28.9. The number of nitrogens with zero attached hydrogens (tertiary/aromatic N) is 3. The van der Waals surface area contributed by atoms with Crippen molar-refractivity contribution in [1.82, 2.24) is 0 Å². The Morgan fingerprint density at radius 2 is 0.488 bits per heavy atom. The Labute approximate surface area is 492 Å². The van der Waals surface area contributed by atoms with Crippen molar-refractivity contribution in [3.05, 3.63) is 344 Å². The van der Waals surface area contributed by atoms with Gasteiger partial charge in [0.25, 0.3) is 0 Å². The highest BCUT2D eigenvalue weighted by Crippen LogP contribution is 2.45. The third-order valence-electron chi connectivity index (χ3n) is 15.9. The summed E-state index contributed by atoms with van der Waals surface area (Å²) in [6.07, 6.45) is 0. The van der Waals surface area contributed by atoms with Crippen LogP contribution in [0.1, 0.15) is 16.7 Å². The molecule has 3 nitrogen and oxygen atoms in total. The van der Waals surface area contributed by atoms with Crippen LogP contribution in [0.3, 0.4) is 0 Å². The van der Waals surface area contributed by atoms with Gasteiger partial charge < -0.3 is 14.7 Å². The van der Waals surface area contributed by atoms with Crippen LogP contribution in [0, 0.1) is 20.8 Å². The molecule has 0 bridgehead atoms. The van der Waals surface area contributed by atoms with E-state index in [2.05, 4.69) is 363 Å². The molecule has 0 fully saturated rings. The predicted octanol–water partition coefficient (Wildman–Crippen LogP) is 23.3. The Morgan fingerprint density at radius 1 is 0.179 bits per heavy atom. The van der Waals surface area contributed by atoms with E-state index in [9.17, 15) is 0 Å². The zero-order valence-electron chi connectivity index (χ0n) is 47.5. The zero-order chi connectivity index (χ0) is 56.8. The van der Waals surface area contributed by atoms with Crippen LogP contribution >= 0.6 is 0 Å². The second-order valence-electron chi connectivity index (χ2n) is 21.5. The number of aryl methyl sites for hydroxylation is 3. The standard InChI is InChI=1S/3C27H21N/c1-20-11-5-10-18-26(20)28(22-13-3-2-4-14-22)27-19-21-12-6-7-15-23(21)24-16-8-9-17-25(24)27;1-20-10-9-14-23(18-20)28(22-12-3-2-4-13-22)27-19-21-11-5-6-15-24(21)25-16-7-8-17-26(25)27;1-20-15-17-23(18-16-20)28(22-10-3-2-4-11-22)27-19-21-9-5-6-12-24(21)25-13-7-8-14-26(25)27/h3*2-19H,1H3. The molecule has 0 aliphatic heterocycles. The third kappa shape index (κ3) is 10.6. The Kier molecular flexibility index (Phi) is 14.9. The Morgan fingerprint density at radius 3 is 0.905 bits per heavy atom. The Balaban J connectivity index is 0.000000118. The predicted molar refractivity (Wildman–Crippen MR) is 363 cm³/mol. The Hall–Kier alpha value is -10.7. The third-order valence-corrected chi connectivity index (χ3v) is 15.9. The van der Waals surface area contributed by atoms with Crippen molar-refractivity contribution < 1.29 is 0 Å². The van der Waals surface area contributed by atoms with Crippen LogP contribution in [0.15, 0.2) is 328 Å². The molecule has 0 N–H and O–H groups in total. The fourth-order valence-corrected chi connectivity index (χ4v) is 11.9. The van der Waals surface area contributed by atoms with Gasteiger partial charge >= 0.3 is 0 Å². The van der Waals surface area contributed by atoms with E-state index in [1.807, 2.05) is 0 Å². The maximum atomic E-state index is 2.38. The van der Waals surface area contributed by atoms with Crippen molar-refractivity contribution in [2.45, 2.75) is 20.8 Å². The van der Waals surface area contributed by atoms with E-state index >= 15 is 0 Å². The van der Waals surface area contributed by atoms with Crippen LogP contribution < -0.4 is 14.7 Å². The molecule has 0 radical (unpaired) electrons. The summed E-state index contributed by atoms with van der Waals surface area (Å²) in [4.78, 5) is 7.10. The second kappa shape index (κ2) is 23.8. The van der Waals surface area contributed by atoms with Gasteiger partial charge in [0, 0.05) is 50.3 Å². The highest BCUT2D eigenvalue weighted by molar-refractivity contribution is 6.17. The van der Waals surface area contributed by atoms with E-state index in [1.54, 1.807) is 0 Å². The van der Waals surface area contributed by atoms with Gasteiger partial charge in [-0.05, 0) is 165 Å². The van der Waals surface area contributed by atoms with Gasteiger partial charge in [0.05, 0.1) is 17.1 Å².